The van der Waals surface area contributed by atoms with E-state index in [9.17, 15) is 5.11 Å². The summed E-state index contributed by atoms with van der Waals surface area (Å²) in [5.74, 6) is 1.76. The van der Waals surface area contributed by atoms with Crippen LogP contribution in [0.15, 0.2) is 12.1 Å². The number of aliphatic hydroxyl groups excluding tert-OH is 1. The summed E-state index contributed by atoms with van der Waals surface area (Å²) in [6, 6.07) is 3.07. The summed E-state index contributed by atoms with van der Waals surface area (Å²) in [5, 5.41) is 10.3. The number of aliphatic hydroxyl groups is 1. The molecule has 3 N–H and O–H groups in total. The molecule has 0 saturated carbocycles. The van der Waals surface area contributed by atoms with Gasteiger partial charge in [0.1, 0.15) is 0 Å². The topological polar surface area (TPSA) is 73.9 Å². The van der Waals surface area contributed by atoms with Crippen LogP contribution >= 0.6 is 0 Å². The Kier molecular flexibility index (Phi) is 3.60. The normalized spacial score (nSPS) is 17.2. The molecule has 5 nitrogen and oxygen atoms in total. The van der Waals surface area contributed by atoms with Gasteiger partial charge in [-0.2, -0.15) is 0 Å². The molecule has 0 spiro atoms. The molecule has 5 heteroatoms. The van der Waals surface area contributed by atoms with E-state index in [0.29, 0.717) is 17.2 Å². The van der Waals surface area contributed by atoms with Crippen molar-refractivity contribution >= 4 is 0 Å². The van der Waals surface area contributed by atoms with E-state index in [-0.39, 0.29) is 12.2 Å². The molecule has 106 valence electrons. The minimum Gasteiger partial charge on any atom is -0.493 e. The molecular formula is C14H21NO4. The Morgan fingerprint density at radius 2 is 2.00 bits per heavy atom. The first kappa shape index (κ1) is 14.0. The van der Waals surface area contributed by atoms with E-state index in [4.69, 9.17) is 19.9 Å². The SMILES string of the molecule is COc1cc([C@@H](N)[C@@H](O)C(C)(C)C)cc2c1OCO2. The van der Waals surface area contributed by atoms with Gasteiger partial charge in [0, 0.05) is 0 Å². The van der Waals surface area contributed by atoms with Crippen molar-refractivity contribution in [1.82, 2.24) is 0 Å². The van der Waals surface area contributed by atoms with Gasteiger partial charge in [-0.05, 0) is 23.1 Å². The third-order valence-corrected chi connectivity index (χ3v) is 3.29. The molecule has 0 aromatic heterocycles. The van der Waals surface area contributed by atoms with Crippen LogP contribution in [-0.4, -0.2) is 25.1 Å². The van der Waals surface area contributed by atoms with Crippen molar-refractivity contribution in [2.24, 2.45) is 11.1 Å². The highest BCUT2D eigenvalue weighted by Crippen LogP contribution is 2.43. The van der Waals surface area contributed by atoms with Crippen molar-refractivity contribution in [2.45, 2.75) is 32.9 Å². The minimum atomic E-state index is -0.669. The quantitative estimate of drug-likeness (QED) is 0.874. The molecule has 1 aromatic carbocycles. The predicted octanol–water partition coefficient (Wildman–Crippen LogP) is 1.83. The maximum absolute atomic E-state index is 10.3. The number of hydrogen-bond donors (Lipinski definition) is 2. The maximum Gasteiger partial charge on any atom is 0.231 e. The van der Waals surface area contributed by atoms with Crippen LogP contribution in [0.5, 0.6) is 17.2 Å². The summed E-state index contributed by atoms with van der Waals surface area (Å²) in [5.41, 5.74) is 6.60. The van der Waals surface area contributed by atoms with Crippen LogP contribution in [0.4, 0.5) is 0 Å². The number of methoxy groups -OCH3 is 1. The summed E-state index contributed by atoms with van der Waals surface area (Å²) < 4.78 is 16.0. The Balaban J connectivity index is 2.36. The standard InChI is InChI=1S/C14H21NO4/c1-14(2,3)13(16)11(15)8-5-9(17-4)12-10(6-8)18-7-19-12/h5-6,11,13,16H,7,15H2,1-4H3/t11-,13-/m1/s1. The Morgan fingerprint density at radius 1 is 1.32 bits per heavy atom. The van der Waals surface area contributed by atoms with Crippen molar-refractivity contribution in [3.8, 4) is 17.2 Å². The fourth-order valence-corrected chi connectivity index (χ4v) is 2.06. The molecule has 1 aromatic rings. The first-order valence-electron chi connectivity index (χ1n) is 6.25. The highest BCUT2D eigenvalue weighted by Gasteiger charge is 2.31. The molecule has 2 atom stereocenters. The number of benzene rings is 1. The lowest BCUT2D eigenvalue weighted by molar-refractivity contribution is 0.0400. The highest BCUT2D eigenvalue weighted by molar-refractivity contribution is 5.55. The summed E-state index contributed by atoms with van der Waals surface area (Å²) >= 11 is 0. The molecule has 1 aliphatic rings. The second-order valence-corrected chi connectivity index (χ2v) is 5.79. The molecular weight excluding hydrogens is 246 g/mol. The van der Waals surface area contributed by atoms with Crippen LogP contribution in [0.25, 0.3) is 0 Å². The third kappa shape index (κ3) is 2.62. The van der Waals surface area contributed by atoms with Gasteiger partial charge in [0.25, 0.3) is 0 Å². The minimum absolute atomic E-state index is 0.173. The molecule has 0 unspecified atom stereocenters. The van der Waals surface area contributed by atoms with Crippen LogP contribution < -0.4 is 19.9 Å². The molecule has 0 aliphatic carbocycles. The summed E-state index contributed by atoms with van der Waals surface area (Å²) in [6.45, 7) is 6.01. The van der Waals surface area contributed by atoms with Gasteiger partial charge in [-0.15, -0.1) is 0 Å². The van der Waals surface area contributed by atoms with E-state index in [1.54, 1.807) is 19.2 Å². The first-order valence-corrected chi connectivity index (χ1v) is 6.25. The van der Waals surface area contributed by atoms with Gasteiger partial charge in [0.15, 0.2) is 11.5 Å². The Bertz CT molecular complexity index is 467. The Morgan fingerprint density at radius 3 is 2.58 bits per heavy atom. The number of ether oxygens (including phenoxy) is 3. The third-order valence-electron chi connectivity index (χ3n) is 3.29. The maximum atomic E-state index is 10.3. The van der Waals surface area contributed by atoms with Gasteiger partial charge in [-0.1, -0.05) is 20.8 Å². The van der Waals surface area contributed by atoms with E-state index in [1.165, 1.54) is 0 Å². The molecule has 0 saturated heterocycles. The van der Waals surface area contributed by atoms with Crippen molar-refractivity contribution in [2.75, 3.05) is 13.9 Å². The van der Waals surface area contributed by atoms with Gasteiger partial charge in [-0.3, -0.25) is 0 Å². The van der Waals surface area contributed by atoms with E-state index in [0.717, 1.165) is 5.56 Å². The van der Waals surface area contributed by atoms with Crippen molar-refractivity contribution in [3.05, 3.63) is 17.7 Å². The number of nitrogens with two attached hydrogens (primary N) is 1. The van der Waals surface area contributed by atoms with Crippen molar-refractivity contribution in [1.29, 1.82) is 0 Å². The highest BCUT2D eigenvalue weighted by atomic mass is 16.7. The average molecular weight is 267 g/mol. The fourth-order valence-electron chi connectivity index (χ4n) is 2.06. The molecule has 0 bridgehead atoms. The zero-order chi connectivity index (χ0) is 14.2. The van der Waals surface area contributed by atoms with Crippen molar-refractivity contribution in [3.63, 3.8) is 0 Å². The van der Waals surface area contributed by atoms with Gasteiger partial charge >= 0.3 is 0 Å². The molecule has 1 aliphatic heterocycles. The zero-order valence-electron chi connectivity index (χ0n) is 11.8. The monoisotopic (exact) mass is 267 g/mol. The lowest BCUT2D eigenvalue weighted by Crippen LogP contribution is -2.36. The van der Waals surface area contributed by atoms with E-state index in [1.807, 2.05) is 20.8 Å². The van der Waals surface area contributed by atoms with Crippen LogP contribution in [0.1, 0.15) is 32.4 Å². The lowest BCUT2D eigenvalue weighted by atomic mass is 9.82. The fraction of sp³-hybridized carbons (Fsp3) is 0.571. The summed E-state index contributed by atoms with van der Waals surface area (Å²) in [4.78, 5) is 0. The van der Waals surface area contributed by atoms with Gasteiger partial charge in [0.05, 0.1) is 19.3 Å². The average Bonchev–Trinajstić information content (AvgIpc) is 2.82. The Hall–Kier alpha value is -1.46. The van der Waals surface area contributed by atoms with Gasteiger partial charge < -0.3 is 25.1 Å². The smallest absolute Gasteiger partial charge is 0.231 e. The van der Waals surface area contributed by atoms with Gasteiger partial charge in [0.2, 0.25) is 12.5 Å². The van der Waals surface area contributed by atoms with E-state index in [2.05, 4.69) is 0 Å². The van der Waals surface area contributed by atoms with Crippen molar-refractivity contribution < 1.29 is 19.3 Å². The molecule has 2 rings (SSSR count). The molecule has 19 heavy (non-hydrogen) atoms. The first-order chi connectivity index (χ1) is 8.84. The van der Waals surface area contributed by atoms with Crippen LogP contribution in [0, 0.1) is 5.41 Å². The van der Waals surface area contributed by atoms with E-state index < -0.39 is 12.1 Å². The molecule has 1 heterocycles. The Labute approximate surface area is 113 Å². The van der Waals surface area contributed by atoms with Crippen LogP contribution in [0.3, 0.4) is 0 Å². The zero-order valence-corrected chi connectivity index (χ0v) is 11.8. The molecule has 0 amide bonds. The van der Waals surface area contributed by atoms with E-state index >= 15 is 0 Å². The lowest BCUT2D eigenvalue weighted by Gasteiger charge is -2.31. The number of fused-ring (bicyclic) bond motifs is 1. The number of rotatable bonds is 3. The molecule has 0 fully saturated rings. The summed E-state index contributed by atoms with van der Waals surface area (Å²) in [7, 11) is 1.56. The van der Waals surface area contributed by atoms with Crippen LogP contribution in [0.2, 0.25) is 0 Å². The van der Waals surface area contributed by atoms with Gasteiger partial charge in [-0.25, -0.2) is 0 Å². The number of hydrogen-bond acceptors (Lipinski definition) is 5. The second kappa shape index (κ2) is 4.90. The predicted molar refractivity (Wildman–Crippen MR) is 71.5 cm³/mol. The molecule has 0 radical (unpaired) electrons. The largest absolute Gasteiger partial charge is 0.493 e. The summed E-state index contributed by atoms with van der Waals surface area (Å²) in [6.07, 6.45) is -0.669. The second-order valence-electron chi connectivity index (χ2n) is 5.79. The van der Waals surface area contributed by atoms with Crippen LogP contribution in [-0.2, 0) is 0 Å².